The first-order valence-corrected chi connectivity index (χ1v) is 15.1. The molecule has 0 atom stereocenters. The molecule has 0 saturated heterocycles. The molecular formula is C37H26Cl2N4O3. The second kappa shape index (κ2) is 13.3. The lowest BCUT2D eigenvalue weighted by molar-refractivity contribution is -0.141. The number of nitrogens with zero attached hydrogens (tertiary/aromatic N) is 4. The highest BCUT2D eigenvalue weighted by Crippen LogP contribution is 2.33. The molecule has 1 aliphatic rings. The van der Waals surface area contributed by atoms with Gasteiger partial charge in [0, 0.05) is 32.9 Å². The third kappa shape index (κ3) is 6.36. The second-order valence-electron chi connectivity index (χ2n) is 10.6. The summed E-state index contributed by atoms with van der Waals surface area (Å²) in [5, 5.41) is 15.9. The molecule has 0 bridgehead atoms. The van der Waals surface area contributed by atoms with Crippen LogP contribution in [0, 0.1) is 11.3 Å². The zero-order valence-corrected chi connectivity index (χ0v) is 26.2. The lowest BCUT2D eigenvalue weighted by atomic mass is 9.93. The van der Waals surface area contributed by atoms with Gasteiger partial charge in [0.25, 0.3) is 11.8 Å². The van der Waals surface area contributed by atoms with Crippen molar-refractivity contribution >= 4 is 41.1 Å². The van der Waals surface area contributed by atoms with Gasteiger partial charge >= 0.3 is 0 Å². The average molecular weight is 646 g/mol. The van der Waals surface area contributed by atoms with Crippen molar-refractivity contribution in [2.45, 2.75) is 20.1 Å². The minimum atomic E-state index is -0.659. The summed E-state index contributed by atoms with van der Waals surface area (Å²) in [6.45, 7) is 1.89. The fraction of sp³-hybridized carbons (Fsp3) is 0.0811. The quantitative estimate of drug-likeness (QED) is 0.125. The number of aromatic nitrogens is 2. The molecule has 9 heteroatoms. The van der Waals surface area contributed by atoms with E-state index in [0.29, 0.717) is 44.8 Å². The van der Waals surface area contributed by atoms with Gasteiger partial charge in [0.05, 0.1) is 12.2 Å². The van der Waals surface area contributed by atoms with Crippen LogP contribution in [0.2, 0.25) is 10.0 Å². The first-order valence-electron chi connectivity index (χ1n) is 14.4. The molecule has 0 aliphatic carbocycles. The first kappa shape index (κ1) is 30.6. The number of para-hydroxylation sites is 1. The Morgan fingerprint density at radius 2 is 1.63 bits per heavy atom. The summed E-state index contributed by atoms with van der Waals surface area (Å²) in [5.41, 5.74) is 4.74. The summed E-state index contributed by atoms with van der Waals surface area (Å²) < 4.78 is 7.81. The van der Waals surface area contributed by atoms with Crippen molar-refractivity contribution in [1.82, 2.24) is 14.7 Å². The van der Waals surface area contributed by atoms with Gasteiger partial charge < -0.3 is 4.74 Å². The summed E-state index contributed by atoms with van der Waals surface area (Å²) in [5.74, 6) is -0.555. The number of rotatable bonds is 8. The van der Waals surface area contributed by atoms with Crippen LogP contribution in [0.1, 0.15) is 23.6 Å². The third-order valence-electron chi connectivity index (χ3n) is 7.60. The van der Waals surface area contributed by atoms with Gasteiger partial charge in [-0.2, -0.15) is 10.4 Å². The number of hydrogen-bond acceptors (Lipinski definition) is 5. The molecule has 1 aliphatic heterocycles. The maximum Gasteiger partial charge on any atom is 0.271 e. The monoisotopic (exact) mass is 644 g/mol. The van der Waals surface area contributed by atoms with Crippen molar-refractivity contribution in [1.29, 1.82) is 5.26 Å². The van der Waals surface area contributed by atoms with Gasteiger partial charge in [-0.05, 0) is 72.2 Å². The van der Waals surface area contributed by atoms with Gasteiger partial charge in [-0.3, -0.25) is 14.5 Å². The van der Waals surface area contributed by atoms with Crippen molar-refractivity contribution < 1.29 is 14.3 Å². The van der Waals surface area contributed by atoms with E-state index in [4.69, 9.17) is 33.0 Å². The summed E-state index contributed by atoms with van der Waals surface area (Å²) in [6, 6.07) is 33.6. The maximum atomic E-state index is 13.9. The molecule has 1 aromatic heterocycles. The predicted octanol–water partition coefficient (Wildman–Crippen LogP) is 8.22. The van der Waals surface area contributed by atoms with Gasteiger partial charge in [0.1, 0.15) is 29.7 Å². The highest BCUT2D eigenvalue weighted by Gasteiger charge is 2.36. The van der Waals surface area contributed by atoms with E-state index in [1.54, 1.807) is 41.9 Å². The topological polar surface area (TPSA) is 88.2 Å². The zero-order chi connectivity index (χ0) is 32.2. The van der Waals surface area contributed by atoms with Crippen LogP contribution in [0.4, 0.5) is 0 Å². The molecular weight excluding hydrogens is 619 g/mol. The fourth-order valence-corrected chi connectivity index (χ4v) is 5.46. The Bertz CT molecular complexity index is 2060. The van der Waals surface area contributed by atoms with E-state index in [0.717, 1.165) is 21.7 Å². The van der Waals surface area contributed by atoms with Crippen LogP contribution in [0.25, 0.3) is 23.0 Å². The number of nitriles is 1. The Morgan fingerprint density at radius 1 is 0.891 bits per heavy atom. The Balaban J connectivity index is 1.42. The van der Waals surface area contributed by atoms with Crippen molar-refractivity contribution in [3.63, 3.8) is 0 Å². The number of carbonyl (C=O) groups excluding carboxylic acids is 2. The van der Waals surface area contributed by atoms with Gasteiger partial charge in [-0.1, -0.05) is 83.9 Å². The fourth-order valence-electron chi connectivity index (χ4n) is 5.14. The summed E-state index contributed by atoms with van der Waals surface area (Å²) >= 11 is 12.4. The van der Waals surface area contributed by atoms with E-state index in [2.05, 4.69) is 0 Å². The normalized spacial score (nSPS) is 14.1. The Morgan fingerprint density at radius 3 is 2.37 bits per heavy atom. The van der Waals surface area contributed by atoms with Crippen LogP contribution in [-0.4, -0.2) is 26.5 Å². The minimum Gasteiger partial charge on any atom is -0.489 e. The maximum absolute atomic E-state index is 13.9. The lowest BCUT2D eigenvalue weighted by Gasteiger charge is -2.27. The second-order valence-corrected chi connectivity index (χ2v) is 11.5. The average Bonchev–Trinajstić information content (AvgIpc) is 3.50. The predicted molar refractivity (Wildman–Crippen MR) is 178 cm³/mol. The number of ether oxygens (including phenoxy) is 1. The van der Waals surface area contributed by atoms with Gasteiger partial charge in [-0.25, -0.2) is 4.68 Å². The first-order chi connectivity index (χ1) is 22.3. The van der Waals surface area contributed by atoms with Crippen LogP contribution >= 0.6 is 23.2 Å². The summed E-state index contributed by atoms with van der Waals surface area (Å²) in [6.07, 6.45) is 3.50. The molecule has 0 radical (unpaired) electrons. The van der Waals surface area contributed by atoms with E-state index in [9.17, 15) is 14.9 Å². The molecule has 7 nitrogen and oxygen atoms in total. The molecule has 5 aromatic rings. The van der Waals surface area contributed by atoms with Crippen molar-refractivity contribution in [3.8, 4) is 28.8 Å². The summed E-state index contributed by atoms with van der Waals surface area (Å²) in [4.78, 5) is 28.3. The Labute approximate surface area is 276 Å². The highest BCUT2D eigenvalue weighted by molar-refractivity contribution is 6.31. The van der Waals surface area contributed by atoms with E-state index < -0.39 is 11.8 Å². The highest BCUT2D eigenvalue weighted by atomic mass is 35.5. The summed E-state index contributed by atoms with van der Waals surface area (Å²) in [7, 11) is 0. The molecule has 2 amide bonds. The van der Waals surface area contributed by atoms with Crippen molar-refractivity contribution in [3.05, 3.63) is 153 Å². The van der Waals surface area contributed by atoms with E-state index in [1.807, 2.05) is 91.1 Å². The SMILES string of the molecule is CC1=C(C#N)C(=O)N(Cc2ccccc2Cl)C(=O)/C1=C/c1cn(-c2ccccc2)nc1-c1cccc(OCc2ccc(Cl)cc2)c1. The van der Waals surface area contributed by atoms with Crippen molar-refractivity contribution in [2.24, 2.45) is 0 Å². The molecule has 2 heterocycles. The number of imide groups is 1. The molecule has 0 unspecified atom stereocenters. The van der Waals surface area contributed by atoms with Crippen LogP contribution in [0.3, 0.4) is 0 Å². The molecule has 0 N–H and O–H groups in total. The number of halogens is 2. The van der Waals surface area contributed by atoms with E-state index in [1.165, 1.54) is 0 Å². The van der Waals surface area contributed by atoms with Gasteiger partial charge in [0.15, 0.2) is 0 Å². The molecule has 0 fully saturated rings. The third-order valence-corrected chi connectivity index (χ3v) is 8.22. The smallest absolute Gasteiger partial charge is 0.271 e. The van der Waals surface area contributed by atoms with E-state index >= 15 is 0 Å². The number of carbonyl (C=O) groups is 2. The molecule has 6 rings (SSSR count). The van der Waals surface area contributed by atoms with Gasteiger partial charge in [-0.15, -0.1) is 0 Å². The van der Waals surface area contributed by atoms with Crippen LogP contribution < -0.4 is 4.74 Å². The Hall–Kier alpha value is -5.42. The minimum absolute atomic E-state index is 0.0731. The standard InChI is InChI=1S/C37H26Cl2N4O3/c1-24-32(36(44)42(37(45)33(24)20-40)21-27-8-5-6-13-34(27)39)19-28-22-43(30-10-3-2-4-11-30)41-35(28)26-9-7-12-31(18-26)46-23-25-14-16-29(38)17-15-25/h2-19,22H,21,23H2,1H3/b32-19+. The molecule has 4 aromatic carbocycles. The van der Waals surface area contributed by atoms with Gasteiger partial charge in [0.2, 0.25) is 0 Å². The van der Waals surface area contributed by atoms with Crippen molar-refractivity contribution in [2.75, 3.05) is 0 Å². The molecule has 226 valence electrons. The molecule has 0 saturated carbocycles. The lowest BCUT2D eigenvalue weighted by Crippen LogP contribution is -2.42. The number of hydrogen-bond donors (Lipinski definition) is 0. The van der Waals surface area contributed by atoms with E-state index in [-0.39, 0.29) is 17.7 Å². The molecule has 0 spiro atoms. The number of amides is 2. The largest absolute Gasteiger partial charge is 0.489 e. The molecule has 46 heavy (non-hydrogen) atoms. The van der Waals surface area contributed by atoms with Crippen LogP contribution in [0.5, 0.6) is 5.75 Å². The van der Waals surface area contributed by atoms with Crippen LogP contribution in [-0.2, 0) is 22.7 Å². The van der Waals surface area contributed by atoms with Crippen LogP contribution in [0.15, 0.2) is 126 Å². The Kier molecular flexibility index (Phi) is 8.84. The number of benzene rings is 4. The zero-order valence-electron chi connectivity index (χ0n) is 24.7.